The number of aromatic amines is 1. The number of aliphatic hydroxyl groups excluding tert-OH is 1. The number of H-pyrrole nitrogens is 1. The molecule has 5 unspecified atom stereocenters. The molecular weight excluding hydrogens is 526 g/mol. The van der Waals surface area contributed by atoms with Crippen LogP contribution < -0.4 is 4.74 Å². The fourth-order valence-electron chi connectivity index (χ4n) is 8.25. The van der Waals surface area contributed by atoms with E-state index in [-0.39, 0.29) is 40.8 Å². The van der Waals surface area contributed by atoms with Crippen LogP contribution in [0.15, 0.2) is 47.2 Å². The van der Waals surface area contributed by atoms with Crippen molar-refractivity contribution in [1.29, 1.82) is 0 Å². The Labute approximate surface area is 229 Å². The molecule has 0 aliphatic heterocycles. The SMILES string of the molecule is CC12C=CC(=O)C=C1CCC1C2[C@@H](O)CC2(C)C1CC[C@]2(O)C(=O)CSc1nc2cc(OC(F)F)ccc2[nH]1. The van der Waals surface area contributed by atoms with Crippen LogP contribution in [0.5, 0.6) is 5.75 Å². The van der Waals surface area contributed by atoms with Gasteiger partial charge in [-0.05, 0) is 68.2 Å². The lowest BCUT2D eigenvalue weighted by Crippen LogP contribution is -2.61. The third-order valence-corrected chi connectivity index (χ3v) is 11.0. The number of rotatable bonds is 6. The first-order valence-electron chi connectivity index (χ1n) is 13.4. The molecule has 6 rings (SSSR count). The Hall–Kier alpha value is -2.56. The number of aliphatic hydroxyl groups is 2. The first-order valence-corrected chi connectivity index (χ1v) is 14.4. The number of ketones is 2. The summed E-state index contributed by atoms with van der Waals surface area (Å²) in [5.74, 6) is -0.182. The largest absolute Gasteiger partial charge is 0.435 e. The highest BCUT2D eigenvalue weighted by atomic mass is 32.2. The van der Waals surface area contributed by atoms with Crippen LogP contribution in [-0.4, -0.2) is 55.8 Å². The van der Waals surface area contributed by atoms with Crippen molar-refractivity contribution in [3.05, 3.63) is 42.0 Å². The number of nitrogens with one attached hydrogen (secondary N) is 1. The van der Waals surface area contributed by atoms with Crippen LogP contribution in [0.3, 0.4) is 0 Å². The number of alkyl halides is 2. The number of benzene rings is 1. The zero-order valence-corrected chi connectivity index (χ0v) is 22.6. The van der Waals surface area contributed by atoms with Gasteiger partial charge in [-0.1, -0.05) is 37.3 Å². The zero-order valence-electron chi connectivity index (χ0n) is 21.8. The van der Waals surface area contributed by atoms with E-state index in [0.717, 1.165) is 30.2 Å². The van der Waals surface area contributed by atoms with Gasteiger partial charge >= 0.3 is 6.61 Å². The van der Waals surface area contributed by atoms with Gasteiger partial charge in [0.2, 0.25) is 0 Å². The smallest absolute Gasteiger partial charge is 0.387 e. The van der Waals surface area contributed by atoms with Crippen LogP contribution >= 0.6 is 11.8 Å². The van der Waals surface area contributed by atoms with E-state index < -0.39 is 29.1 Å². The number of aromatic nitrogens is 2. The van der Waals surface area contributed by atoms with Crippen LogP contribution in [0, 0.1) is 28.6 Å². The van der Waals surface area contributed by atoms with E-state index in [1.165, 1.54) is 12.1 Å². The van der Waals surface area contributed by atoms with Crippen molar-refractivity contribution in [2.45, 2.75) is 69.4 Å². The Morgan fingerprint density at radius 1 is 1.31 bits per heavy atom. The summed E-state index contributed by atoms with van der Waals surface area (Å²) in [6.45, 7) is 1.12. The summed E-state index contributed by atoms with van der Waals surface area (Å²) in [7, 11) is 0. The number of Topliss-reactive ketones (excluding diaryl/α,β-unsaturated/α-hetero) is 1. The molecule has 0 radical (unpaired) electrons. The third kappa shape index (κ3) is 4.09. The number of nitrogens with zero attached hydrogens (tertiary/aromatic N) is 1. The first-order chi connectivity index (χ1) is 18.4. The molecule has 10 heteroatoms. The van der Waals surface area contributed by atoms with E-state index in [1.807, 2.05) is 13.0 Å². The second-order valence-corrected chi connectivity index (χ2v) is 12.9. The molecule has 1 aromatic carbocycles. The van der Waals surface area contributed by atoms with Crippen molar-refractivity contribution in [1.82, 2.24) is 9.97 Å². The maximum Gasteiger partial charge on any atom is 0.387 e. The van der Waals surface area contributed by atoms with Gasteiger partial charge in [0.05, 0.1) is 22.9 Å². The van der Waals surface area contributed by atoms with Crippen molar-refractivity contribution in [3.8, 4) is 5.75 Å². The van der Waals surface area contributed by atoms with Gasteiger partial charge in [-0.3, -0.25) is 9.59 Å². The van der Waals surface area contributed by atoms with Gasteiger partial charge in [-0.2, -0.15) is 8.78 Å². The van der Waals surface area contributed by atoms with Crippen molar-refractivity contribution in [3.63, 3.8) is 0 Å². The monoisotopic (exact) mass is 558 g/mol. The molecule has 7 atom stereocenters. The summed E-state index contributed by atoms with van der Waals surface area (Å²) in [5.41, 5.74) is -0.619. The molecule has 208 valence electrons. The van der Waals surface area contributed by atoms with E-state index in [2.05, 4.69) is 21.6 Å². The zero-order chi connectivity index (χ0) is 27.7. The van der Waals surface area contributed by atoms with Crippen LogP contribution in [0.4, 0.5) is 8.78 Å². The van der Waals surface area contributed by atoms with E-state index in [4.69, 9.17) is 0 Å². The fraction of sp³-hybridized carbons (Fsp3) is 0.552. The molecule has 4 aliphatic rings. The van der Waals surface area contributed by atoms with Gasteiger partial charge in [0.25, 0.3) is 0 Å². The second kappa shape index (κ2) is 9.24. The number of ether oxygens (including phenoxy) is 1. The summed E-state index contributed by atoms with van der Waals surface area (Å²) in [6, 6.07) is 4.41. The van der Waals surface area contributed by atoms with Gasteiger partial charge in [-0.15, -0.1) is 0 Å². The Kier molecular flexibility index (Phi) is 6.32. The number of carbonyl (C=O) groups is 2. The maximum absolute atomic E-state index is 13.6. The lowest BCUT2D eigenvalue weighted by atomic mass is 9.46. The lowest BCUT2D eigenvalue weighted by molar-refractivity contribution is -0.174. The van der Waals surface area contributed by atoms with Crippen LogP contribution in [-0.2, 0) is 9.59 Å². The van der Waals surface area contributed by atoms with E-state index >= 15 is 0 Å². The Bertz CT molecular complexity index is 1410. The number of hydrogen-bond donors (Lipinski definition) is 3. The molecule has 3 N–H and O–H groups in total. The van der Waals surface area contributed by atoms with E-state index in [0.29, 0.717) is 35.5 Å². The van der Waals surface area contributed by atoms with Gasteiger partial charge in [0.15, 0.2) is 16.7 Å². The normalized spacial score (nSPS) is 37.4. The molecular formula is C29H32F2N2O5S. The number of thioether (sulfide) groups is 1. The fourth-order valence-corrected chi connectivity index (χ4v) is 9.10. The summed E-state index contributed by atoms with van der Waals surface area (Å²) < 4.78 is 29.5. The summed E-state index contributed by atoms with van der Waals surface area (Å²) in [6.07, 6.45) is 7.49. The minimum absolute atomic E-state index is 0.000444. The number of hydrogen-bond acceptors (Lipinski definition) is 7. The van der Waals surface area contributed by atoms with Gasteiger partial charge in [0.1, 0.15) is 11.4 Å². The maximum atomic E-state index is 13.6. The molecule has 0 amide bonds. The number of halogens is 2. The topological polar surface area (TPSA) is 113 Å². The standard InChI is InChI=1S/C29H32F2N2O5S/c1-27-9-7-16(34)11-15(27)3-5-18-19-8-10-29(37,28(19,2)13-22(35)24(18)27)23(36)14-39-26-32-20-6-4-17(38-25(30)31)12-21(20)33-26/h4,6-7,9,11-12,18-19,22,24-25,35,37H,3,5,8,10,13-14H2,1-2H3,(H,32,33)/t18?,19?,22-,24?,27?,28?,29-/m0/s1. The predicted molar refractivity (Wildman–Crippen MR) is 141 cm³/mol. The molecule has 1 heterocycles. The minimum Gasteiger partial charge on any atom is -0.435 e. The highest BCUT2D eigenvalue weighted by Gasteiger charge is 2.68. The number of carbonyl (C=O) groups excluding carboxylic acids is 2. The van der Waals surface area contributed by atoms with Gasteiger partial charge in [0, 0.05) is 22.8 Å². The predicted octanol–water partition coefficient (Wildman–Crippen LogP) is 4.84. The van der Waals surface area contributed by atoms with Crippen LogP contribution in [0.25, 0.3) is 11.0 Å². The average Bonchev–Trinajstić information content (AvgIpc) is 3.40. The molecule has 2 aromatic rings. The molecule has 7 nitrogen and oxygen atoms in total. The number of imidazole rings is 1. The highest BCUT2D eigenvalue weighted by molar-refractivity contribution is 7.99. The Balaban J connectivity index is 1.20. The van der Waals surface area contributed by atoms with Gasteiger partial charge in [-0.25, -0.2) is 4.98 Å². The highest BCUT2D eigenvalue weighted by Crippen LogP contribution is 2.67. The van der Waals surface area contributed by atoms with Crippen molar-refractivity contribution in [2.75, 3.05) is 5.75 Å². The molecule has 3 fully saturated rings. The molecule has 39 heavy (non-hydrogen) atoms. The third-order valence-electron chi connectivity index (χ3n) is 10.1. The van der Waals surface area contributed by atoms with Crippen LogP contribution in [0.1, 0.15) is 46.0 Å². The van der Waals surface area contributed by atoms with Crippen LogP contribution in [0.2, 0.25) is 0 Å². The van der Waals surface area contributed by atoms with Gasteiger partial charge < -0.3 is 19.9 Å². The van der Waals surface area contributed by atoms with Crippen molar-refractivity contribution in [2.24, 2.45) is 28.6 Å². The Morgan fingerprint density at radius 2 is 2.10 bits per heavy atom. The second-order valence-electron chi connectivity index (χ2n) is 11.9. The summed E-state index contributed by atoms with van der Waals surface area (Å²) in [4.78, 5) is 33.1. The summed E-state index contributed by atoms with van der Waals surface area (Å²) in [5, 5.41) is 23.9. The summed E-state index contributed by atoms with van der Waals surface area (Å²) >= 11 is 1.16. The molecule has 0 spiro atoms. The lowest BCUT2D eigenvalue weighted by Gasteiger charge is -2.59. The average molecular weight is 559 g/mol. The Morgan fingerprint density at radius 3 is 2.87 bits per heavy atom. The van der Waals surface area contributed by atoms with Crippen molar-refractivity contribution >= 4 is 34.4 Å². The molecule has 3 saturated carbocycles. The first kappa shape index (κ1) is 26.7. The quantitative estimate of drug-likeness (QED) is 0.435. The molecule has 1 aromatic heterocycles. The molecule has 0 saturated heterocycles. The van der Waals surface area contributed by atoms with E-state index in [1.54, 1.807) is 18.2 Å². The molecule has 4 aliphatic carbocycles. The number of fused-ring (bicyclic) bond motifs is 6. The number of allylic oxidation sites excluding steroid dienone is 4. The van der Waals surface area contributed by atoms with E-state index in [9.17, 15) is 28.6 Å². The van der Waals surface area contributed by atoms with Crippen molar-refractivity contribution < 1.29 is 33.3 Å². The minimum atomic E-state index is -2.93. The molecule has 0 bridgehead atoms.